The lowest BCUT2D eigenvalue weighted by Gasteiger charge is -2.28. The number of phenols is 1. The quantitative estimate of drug-likeness (QED) is 0.876. The number of methoxy groups -OCH3 is 1. The number of ether oxygens (including phenoxy) is 1. The number of nitrogens with one attached hydrogen (secondary N) is 1. The normalized spacial score (nSPS) is 11.6. The van der Waals surface area contributed by atoms with E-state index in [2.05, 4.69) is 5.32 Å². The molecule has 0 aliphatic rings. The summed E-state index contributed by atoms with van der Waals surface area (Å²) in [7, 11) is 1.60. The Labute approximate surface area is 136 Å². The third-order valence-electron chi connectivity index (χ3n) is 3.76. The highest BCUT2D eigenvalue weighted by atomic mass is 16.5. The van der Waals surface area contributed by atoms with Gasteiger partial charge >= 0.3 is 6.03 Å². The maximum absolute atomic E-state index is 12.5. The first kappa shape index (κ1) is 16.7. The van der Waals surface area contributed by atoms with Gasteiger partial charge in [0.25, 0.3) is 0 Å². The van der Waals surface area contributed by atoms with Crippen molar-refractivity contribution >= 4 is 11.7 Å². The van der Waals surface area contributed by atoms with Gasteiger partial charge in [-0.25, -0.2) is 4.79 Å². The standard InChI is InChI=1S/C18H22N2O3/c1-4-20(13(2)14-6-5-7-16(21)12-14)18(22)19-15-8-10-17(23-3)11-9-15/h5-13,21H,4H2,1-3H3,(H,19,22)/t13-/m0/s1. The molecule has 0 aliphatic heterocycles. The van der Waals surface area contributed by atoms with Crippen LogP contribution < -0.4 is 10.1 Å². The van der Waals surface area contributed by atoms with E-state index in [-0.39, 0.29) is 17.8 Å². The topological polar surface area (TPSA) is 61.8 Å². The summed E-state index contributed by atoms with van der Waals surface area (Å²) in [6, 6.07) is 13.8. The first-order chi connectivity index (χ1) is 11.0. The van der Waals surface area contributed by atoms with E-state index in [4.69, 9.17) is 4.74 Å². The van der Waals surface area contributed by atoms with E-state index in [9.17, 15) is 9.90 Å². The smallest absolute Gasteiger partial charge is 0.322 e. The summed E-state index contributed by atoms with van der Waals surface area (Å²) in [4.78, 5) is 14.2. The molecule has 2 aromatic carbocycles. The average Bonchev–Trinajstić information content (AvgIpc) is 2.56. The van der Waals surface area contributed by atoms with Crippen molar-refractivity contribution in [3.05, 3.63) is 54.1 Å². The van der Waals surface area contributed by atoms with Crippen molar-refractivity contribution in [2.75, 3.05) is 19.0 Å². The lowest BCUT2D eigenvalue weighted by molar-refractivity contribution is 0.197. The van der Waals surface area contributed by atoms with Gasteiger partial charge < -0.3 is 20.1 Å². The lowest BCUT2D eigenvalue weighted by Crippen LogP contribution is -2.36. The van der Waals surface area contributed by atoms with Gasteiger partial charge in [-0.3, -0.25) is 0 Å². The molecule has 122 valence electrons. The van der Waals surface area contributed by atoms with Crippen LogP contribution >= 0.6 is 0 Å². The van der Waals surface area contributed by atoms with Crippen molar-refractivity contribution in [3.63, 3.8) is 0 Å². The number of benzene rings is 2. The number of rotatable bonds is 5. The number of carbonyl (C=O) groups is 1. The fourth-order valence-electron chi connectivity index (χ4n) is 2.43. The van der Waals surface area contributed by atoms with Crippen LogP contribution in [-0.2, 0) is 0 Å². The number of urea groups is 1. The van der Waals surface area contributed by atoms with Gasteiger partial charge in [-0.15, -0.1) is 0 Å². The van der Waals surface area contributed by atoms with Crippen LogP contribution in [0.15, 0.2) is 48.5 Å². The molecule has 0 saturated heterocycles. The third-order valence-corrected chi connectivity index (χ3v) is 3.76. The zero-order valence-corrected chi connectivity index (χ0v) is 13.6. The summed E-state index contributed by atoms with van der Waals surface area (Å²) >= 11 is 0. The molecule has 2 amide bonds. The molecule has 2 rings (SSSR count). The first-order valence-corrected chi connectivity index (χ1v) is 7.55. The maximum atomic E-state index is 12.5. The number of hydrogen-bond acceptors (Lipinski definition) is 3. The third kappa shape index (κ3) is 4.16. The number of nitrogens with zero attached hydrogens (tertiary/aromatic N) is 1. The van der Waals surface area contributed by atoms with Crippen LogP contribution in [0, 0.1) is 0 Å². The van der Waals surface area contributed by atoms with Crippen molar-refractivity contribution in [2.45, 2.75) is 19.9 Å². The molecule has 0 aliphatic carbocycles. The predicted octanol–water partition coefficient (Wildman–Crippen LogP) is 4.02. The SMILES string of the molecule is CCN(C(=O)Nc1ccc(OC)cc1)[C@@H](C)c1cccc(O)c1. The highest BCUT2D eigenvalue weighted by Crippen LogP contribution is 2.24. The Balaban J connectivity index is 2.10. The minimum Gasteiger partial charge on any atom is -0.508 e. The molecule has 0 spiro atoms. The Bertz CT molecular complexity index is 656. The molecule has 0 heterocycles. The number of amides is 2. The van der Waals surface area contributed by atoms with Crippen LogP contribution in [0.25, 0.3) is 0 Å². The molecule has 0 aromatic heterocycles. The fourth-order valence-corrected chi connectivity index (χ4v) is 2.43. The largest absolute Gasteiger partial charge is 0.508 e. The number of aromatic hydroxyl groups is 1. The van der Waals surface area contributed by atoms with Gasteiger partial charge in [0.05, 0.1) is 13.2 Å². The van der Waals surface area contributed by atoms with Crippen molar-refractivity contribution in [1.82, 2.24) is 4.90 Å². The number of carbonyl (C=O) groups excluding carboxylic acids is 1. The summed E-state index contributed by atoms with van der Waals surface area (Å²) in [5.41, 5.74) is 1.59. The second-order valence-corrected chi connectivity index (χ2v) is 5.22. The summed E-state index contributed by atoms with van der Waals surface area (Å²) in [6.07, 6.45) is 0. The van der Waals surface area contributed by atoms with Crippen LogP contribution in [0.4, 0.5) is 10.5 Å². The van der Waals surface area contributed by atoms with E-state index in [1.807, 2.05) is 19.9 Å². The number of hydrogen-bond donors (Lipinski definition) is 2. The number of phenolic OH excluding ortho intramolecular Hbond substituents is 1. The van der Waals surface area contributed by atoms with E-state index >= 15 is 0 Å². The van der Waals surface area contributed by atoms with E-state index < -0.39 is 0 Å². The Hall–Kier alpha value is -2.69. The molecule has 0 saturated carbocycles. The zero-order valence-electron chi connectivity index (χ0n) is 13.6. The van der Waals surface area contributed by atoms with E-state index in [1.165, 1.54) is 0 Å². The van der Waals surface area contributed by atoms with E-state index in [0.717, 1.165) is 11.3 Å². The Morgan fingerprint density at radius 1 is 1.26 bits per heavy atom. The van der Waals surface area contributed by atoms with E-state index in [1.54, 1.807) is 54.5 Å². The molecule has 1 atom stereocenters. The Kier molecular flexibility index (Phi) is 5.46. The predicted molar refractivity (Wildman–Crippen MR) is 90.9 cm³/mol. The molecular formula is C18H22N2O3. The van der Waals surface area contributed by atoms with Gasteiger partial charge in [-0.1, -0.05) is 12.1 Å². The van der Waals surface area contributed by atoms with Gasteiger partial charge in [-0.2, -0.15) is 0 Å². The molecular weight excluding hydrogens is 292 g/mol. The van der Waals surface area contributed by atoms with Gasteiger partial charge in [0.2, 0.25) is 0 Å². The molecule has 2 aromatic rings. The zero-order chi connectivity index (χ0) is 16.8. The van der Waals surface area contributed by atoms with Gasteiger partial charge in [0.15, 0.2) is 0 Å². The molecule has 0 bridgehead atoms. The molecule has 0 unspecified atom stereocenters. The number of anilines is 1. The molecule has 23 heavy (non-hydrogen) atoms. The fraction of sp³-hybridized carbons (Fsp3) is 0.278. The average molecular weight is 314 g/mol. The molecule has 0 fully saturated rings. The van der Waals surface area contributed by atoms with Crippen LogP contribution in [0.1, 0.15) is 25.5 Å². The highest BCUT2D eigenvalue weighted by molar-refractivity contribution is 5.89. The highest BCUT2D eigenvalue weighted by Gasteiger charge is 2.20. The first-order valence-electron chi connectivity index (χ1n) is 7.55. The maximum Gasteiger partial charge on any atom is 0.322 e. The van der Waals surface area contributed by atoms with Crippen LogP contribution in [-0.4, -0.2) is 29.7 Å². The monoisotopic (exact) mass is 314 g/mol. The second kappa shape index (κ2) is 7.54. The van der Waals surface area contributed by atoms with Crippen molar-refractivity contribution < 1.29 is 14.6 Å². The minimum absolute atomic E-state index is 0.148. The van der Waals surface area contributed by atoms with Crippen LogP contribution in [0.2, 0.25) is 0 Å². The van der Waals surface area contributed by atoms with Crippen molar-refractivity contribution in [3.8, 4) is 11.5 Å². The van der Waals surface area contributed by atoms with E-state index in [0.29, 0.717) is 12.2 Å². The lowest BCUT2D eigenvalue weighted by atomic mass is 10.1. The van der Waals surface area contributed by atoms with Crippen LogP contribution in [0.5, 0.6) is 11.5 Å². The second-order valence-electron chi connectivity index (χ2n) is 5.22. The minimum atomic E-state index is -0.187. The van der Waals surface area contributed by atoms with Gasteiger partial charge in [0, 0.05) is 12.2 Å². The Morgan fingerprint density at radius 2 is 1.96 bits per heavy atom. The molecule has 2 N–H and O–H groups in total. The van der Waals surface area contributed by atoms with Crippen LogP contribution in [0.3, 0.4) is 0 Å². The van der Waals surface area contributed by atoms with Gasteiger partial charge in [-0.05, 0) is 55.8 Å². The molecule has 0 radical (unpaired) electrons. The van der Waals surface area contributed by atoms with Crippen molar-refractivity contribution in [1.29, 1.82) is 0 Å². The Morgan fingerprint density at radius 3 is 2.52 bits per heavy atom. The van der Waals surface area contributed by atoms with Gasteiger partial charge in [0.1, 0.15) is 11.5 Å². The molecule has 5 heteroatoms. The van der Waals surface area contributed by atoms with Crippen molar-refractivity contribution in [2.24, 2.45) is 0 Å². The summed E-state index contributed by atoms with van der Waals surface area (Å²) in [5, 5.41) is 12.5. The molecule has 5 nitrogen and oxygen atoms in total. The summed E-state index contributed by atoms with van der Waals surface area (Å²) < 4.78 is 5.10. The summed E-state index contributed by atoms with van der Waals surface area (Å²) in [5.74, 6) is 0.935. The summed E-state index contributed by atoms with van der Waals surface area (Å²) in [6.45, 7) is 4.41.